The van der Waals surface area contributed by atoms with Crippen LogP contribution in [0.25, 0.3) is 10.9 Å². The van der Waals surface area contributed by atoms with Crippen molar-refractivity contribution >= 4 is 16.7 Å². The molecule has 2 heterocycles. The zero-order chi connectivity index (χ0) is 14.3. The van der Waals surface area contributed by atoms with E-state index >= 15 is 0 Å². The molecule has 0 saturated heterocycles. The van der Waals surface area contributed by atoms with Gasteiger partial charge in [0.2, 0.25) is 0 Å². The van der Waals surface area contributed by atoms with Gasteiger partial charge in [0.25, 0.3) is 5.56 Å². The highest BCUT2D eigenvalue weighted by atomic mass is 16.3. The summed E-state index contributed by atoms with van der Waals surface area (Å²) < 4.78 is 3.48. The van der Waals surface area contributed by atoms with E-state index in [2.05, 4.69) is 5.10 Å². The smallest absolute Gasteiger partial charge is 0.264 e. The lowest BCUT2D eigenvalue weighted by molar-refractivity contribution is 0.272. The quantitative estimate of drug-likeness (QED) is 0.882. The first-order valence-corrected chi connectivity index (χ1v) is 7.12. The molecule has 6 heteroatoms. The number of fused-ring (bicyclic) bond motifs is 1. The van der Waals surface area contributed by atoms with E-state index in [-0.39, 0.29) is 24.0 Å². The maximum atomic E-state index is 12.7. The number of hydrogen-bond donors (Lipinski definition) is 2. The van der Waals surface area contributed by atoms with Crippen LogP contribution in [-0.4, -0.2) is 26.1 Å². The van der Waals surface area contributed by atoms with E-state index in [1.807, 2.05) is 17.6 Å². The Hall–Kier alpha value is -1.82. The predicted octanol–water partition coefficient (Wildman–Crippen LogP) is 1.20. The molecular weight excluding hydrogens is 256 g/mol. The number of nitrogens with zero attached hydrogens (tertiary/aromatic N) is 3. The number of aliphatic hydroxyl groups is 1. The molecule has 1 aliphatic rings. The van der Waals surface area contributed by atoms with Gasteiger partial charge in [-0.05, 0) is 25.8 Å². The highest BCUT2D eigenvalue weighted by molar-refractivity contribution is 5.88. The molecule has 0 aliphatic heterocycles. The molecule has 0 amide bonds. The monoisotopic (exact) mass is 276 g/mol. The first kappa shape index (κ1) is 13.2. The van der Waals surface area contributed by atoms with Crippen molar-refractivity contribution in [2.24, 2.45) is 0 Å². The van der Waals surface area contributed by atoms with Gasteiger partial charge < -0.3 is 15.4 Å². The summed E-state index contributed by atoms with van der Waals surface area (Å²) in [6, 6.07) is 2.24. The summed E-state index contributed by atoms with van der Waals surface area (Å²) in [6.07, 6.45) is 4.45. The van der Waals surface area contributed by atoms with E-state index in [1.54, 1.807) is 4.68 Å². The number of aryl methyl sites for hydroxylation is 1. The molecule has 0 aromatic carbocycles. The Bertz CT molecular complexity index is 695. The van der Waals surface area contributed by atoms with Crippen LogP contribution in [0.1, 0.15) is 37.4 Å². The maximum Gasteiger partial charge on any atom is 0.264 e. The SMILES string of the molecule is Cc1cc2c(c(N)nn2CCO)c(=O)n1C1CCCC1. The van der Waals surface area contributed by atoms with E-state index in [9.17, 15) is 4.79 Å². The van der Waals surface area contributed by atoms with Gasteiger partial charge >= 0.3 is 0 Å². The molecule has 3 rings (SSSR count). The van der Waals surface area contributed by atoms with Gasteiger partial charge in [0, 0.05) is 11.7 Å². The molecule has 6 nitrogen and oxygen atoms in total. The van der Waals surface area contributed by atoms with Gasteiger partial charge in [-0.2, -0.15) is 5.10 Å². The zero-order valence-electron chi connectivity index (χ0n) is 11.7. The Morgan fingerprint density at radius 3 is 2.80 bits per heavy atom. The lowest BCUT2D eigenvalue weighted by atomic mass is 10.2. The zero-order valence-corrected chi connectivity index (χ0v) is 11.7. The molecule has 1 saturated carbocycles. The van der Waals surface area contributed by atoms with Crippen LogP contribution in [0.2, 0.25) is 0 Å². The van der Waals surface area contributed by atoms with Crippen molar-refractivity contribution in [1.82, 2.24) is 14.3 Å². The second-order valence-corrected chi connectivity index (χ2v) is 5.49. The molecule has 0 spiro atoms. The van der Waals surface area contributed by atoms with Crippen molar-refractivity contribution < 1.29 is 5.11 Å². The van der Waals surface area contributed by atoms with Crippen LogP contribution in [0.4, 0.5) is 5.82 Å². The average Bonchev–Trinajstić information content (AvgIpc) is 3.00. The third kappa shape index (κ3) is 1.91. The third-order valence-electron chi connectivity index (χ3n) is 4.18. The molecule has 0 atom stereocenters. The summed E-state index contributed by atoms with van der Waals surface area (Å²) in [7, 11) is 0. The number of pyridine rings is 1. The fourth-order valence-corrected chi connectivity index (χ4v) is 3.29. The van der Waals surface area contributed by atoms with Crippen LogP contribution >= 0.6 is 0 Å². The van der Waals surface area contributed by atoms with Gasteiger partial charge in [0.1, 0.15) is 5.39 Å². The standard InChI is InChI=1S/C14H20N4O2/c1-9-8-11-12(13(15)16-17(11)6-7-19)14(20)18(9)10-4-2-3-5-10/h8,10,19H,2-7H2,1H3,(H2,15,16). The van der Waals surface area contributed by atoms with Crippen LogP contribution in [0.3, 0.4) is 0 Å². The molecule has 0 bridgehead atoms. The lowest BCUT2D eigenvalue weighted by Gasteiger charge is -2.17. The number of nitrogens with two attached hydrogens (primary N) is 1. The second-order valence-electron chi connectivity index (χ2n) is 5.49. The summed E-state index contributed by atoms with van der Waals surface area (Å²) in [5, 5.41) is 13.7. The molecule has 2 aromatic heterocycles. The molecule has 108 valence electrons. The molecule has 20 heavy (non-hydrogen) atoms. The third-order valence-corrected chi connectivity index (χ3v) is 4.18. The van der Waals surface area contributed by atoms with E-state index in [4.69, 9.17) is 10.8 Å². The Balaban J connectivity index is 2.24. The molecular formula is C14H20N4O2. The van der Waals surface area contributed by atoms with Crippen LogP contribution in [-0.2, 0) is 6.54 Å². The summed E-state index contributed by atoms with van der Waals surface area (Å²) in [5.41, 5.74) is 7.51. The van der Waals surface area contributed by atoms with Crippen molar-refractivity contribution in [2.45, 2.75) is 45.2 Å². The molecule has 0 radical (unpaired) electrons. The Morgan fingerprint density at radius 1 is 1.45 bits per heavy atom. The minimum atomic E-state index is -0.0476. The predicted molar refractivity (Wildman–Crippen MR) is 77.7 cm³/mol. The van der Waals surface area contributed by atoms with Crippen LogP contribution < -0.4 is 11.3 Å². The second kappa shape index (κ2) is 4.94. The van der Waals surface area contributed by atoms with Gasteiger partial charge in [-0.1, -0.05) is 12.8 Å². The van der Waals surface area contributed by atoms with E-state index in [0.717, 1.165) is 18.5 Å². The van der Waals surface area contributed by atoms with E-state index in [0.29, 0.717) is 17.4 Å². The summed E-state index contributed by atoms with van der Waals surface area (Å²) in [4.78, 5) is 12.7. The fraction of sp³-hybridized carbons (Fsp3) is 0.571. The van der Waals surface area contributed by atoms with Crippen molar-refractivity contribution in [1.29, 1.82) is 0 Å². The highest BCUT2D eigenvalue weighted by Gasteiger charge is 2.23. The number of anilines is 1. The normalized spacial score (nSPS) is 16.3. The number of aliphatic hydroxyl groups excluding tert-OH is 1. The topological polar surface area (TPSA) is 86.1 Å². The number of hydrogen-bond acceptors (Lipinski definition) is 4. The first-order chi connectivity index (χ1) is 9.63. The van der Waals surface area contributed by atoms with Crippen molar-refractivity contribution in [3.63, 3.8) is 0 Å². The number of aromatic nitrogens is 3. The summed E-state index contributed by atoms with van der Waals surface area (Å²) in [6.45, 7) is 2.27. The van der Waals surface area contributed by atoms with Crippen molar-refractivity contribution in [2.75, 3.05) is 12.3 Å². The Kier molecular flexibility index (Phi) is 3.25. The lowest BCUT2D eigenvalue weighted by Crippen LogP contribution is -2.26. The highest BCUT2D eigenvalue weighted by Crippen LogP contribution is 2.30. The van der Waals surface area contributed by atoms with Gasteiger partial charge in [0.05, 0.1) is 18.7 Å². The molecule has 1 fully saturated rings. The van der Waals surface area contributed by atoms with Gasteiger partial charge in [-0.25, -0.2) is 0 Å². The number of nitrogen functional groups attached to an aromatic ring is 1. The Morgan fingerprint density at radius 2 is 2.15 bits per heavy atom. The molecule has 3 N–H and O–H groups in total. The minimum absolute atomic E-state index is 0.0268. The maximum absolute atomic E-state index is 12.7. The summed E-state index contributed by atoms with van der Waals surface area (Å²) >= 11 is 0. The van der Waals surface area contributed by atoms with Gasteiger partial charge in [0.15, 0.2) is 5.82 Å². The van der Waals surface area contributed by atoms with Crippen LogP contribution in [0.5, 0.6) is 0 Å². The van der Waals surface area contributed by atoms with E-state index in [1.165, 1.54) is 12.8 Å². The van der Waals surface area contributed by atoms with Crippen molar-refractivity contribution in [3.05, 3.63) is 22.1 Å². The molecule has 1 aliphatic carbocycles. The Labute approximate surface area is 116 Å². The van der Waals surface area contributed by atoms with E-state index < -0.39 is 0 Å². The fourth-order valence-electron chi connectivity index (χ4n) is 3.29. The summed E-state index contributed by atoms with van der Waals surface area (Å²) in [5.74, 6) is 0.255. The first-order valence-electron chi connectivity index (χ1n) is 7.12. The van der Waals surface area contributed by atoms with Crippen LogP contribution in [0, 0.1) is 6.92 Å². The number of rotatable bonds is 3. The average molecular weight is 276 g/mol. The minimum Gasteiger partial charge on any atom is -0.394 e. The van der Waals surface area contributed by atoms with Gasteiger partial charge in [-0.15, -0.1) is 0 Å². The largest absolute Gasteiger partial charge is 0.394 e. The van der Waals surface area contributed by atoms with Crippen LogP contribution in [0.15, 0.2) is 10.9 Å². The molecule has 0 unspecified atom stereocenters. The van der Waals surface area contributed by atoms with Crippen molar-refractivity contribution in [3.8, 4) is 0 Å². The molecule has 2 aromatic rings. The van der Waals surface area contributed by atoms with Gasteiger partial charge in [-0.3, -0.25) is 9.48 Å².